The number of rotatable bonds is 14. The molecule has 0 aromatic heterocycles. The quantitative estimate of drug-likeness (QED) is 0.322. The van der Waals surface area contributed by atoms with Crippen LogP contribution in [0.15, 0.2) is 30.3 Å². The molecule has 1 atom stereocenters. The van der Waals surface area contributed by atoms with Crippen LogP contribution in [0.5, 0.6) is 0 Å². The number of hydrogen-bond acceptors (Lipinski definition) is 3. The molecule has 1 aromatic rings. The maximum absolute atomic E-state index is 10.8. The van der Waals surface area contributed by atoms with Crippen LogP contribution in [0.2, 0.25) is 0 Å². The van der Waals surface area contributed by atoms with Crippen molar-refractivity contribution in [2.45, 2.75) is 83.5 Å². The molecule has 4 heteroatoms. The molecule has 0 aliphatic heterocycles. The van der Waals surface area contributed by atoms with Gasteiger partial charge in [-0.05, 0) is 30.7 Å². The molecule has 0 aliphatic rings. The van der Waals surface area contributed by atoms with Crippen molar-refractivity contribution in [2.24, 2.45) is 0 Å². The van der Waals surface area contributed by atoms with Crippen LogP contribution in [0.1, 0.15) is 89.0 Å². The van der Waals surface area contributed by atoms with Crippen LogP contribution in [-0.4, -0.2) is 18.7 Å². The van der Waals surface area contributed by atoms with Crippen molar-refractivity contribution in [3.05, 3.63) is 35.9 Å². The van der Waals surface area contributed by atoms with E-state index in [4.69, 9.17) is 0 Å². The Morgan fingerprint density at radius 2 is 1.38 bits per heavy atom. The van der Waals surface area contributed by atoms with Gasteiger partial charge in [0.05, 0.1) is 10.1 Å². The molecule has 0 aliphatic carbocycles. The first kappa shape index (κ1) is 21.2. The van der Waals surface area contributed by atoms with E-state index in [0.29, 0.717) is 12.3 Å². The minimum Gasteiger partial charge on any atom is -0.748 e. The second-order valence-corrected chi connectivity index (χ2v) is 8.30. The fraction of sp³-hybridized carbons (Fsp3) is 0.700. The molecule has 24 heavy (non-hydrogen) atoms. The SMILES string of the molecule is CCCCCCCCCCC(CCCS(=O)(=O)[O-])c1ccccc1. The summed E-state index contributed by atoms with van der Waals surface area (Å²) in [7, 11) is -4.09. The lowest BCUT2D eigenvalue weighted by Crippen LogP contribution is -2.07. The van der Waals surface area contributed by atoms with Gasteiger partial charge >= 0.3 is 0 Å². The van der Waals surface area contributed by atoms with Gasteiger partial charge in [-0.3, -0.25) is 0 Å². The van der Waals surface area contributed by atoms with Gasteiger partial charge in [-0.15, -0.1) is 0 Å². The van der Waals surface area contributed by atoms with E-state index < -0.39 is 10.1 Å². The average Bonchev–Trinajstić information content (AvgIpc) is 2.55. The number of benzene rings is 1. The highest BCUT2D eigenvalue weighted by molar-refractivity contribution is 7.85. The van der Waals surface area contributed by atoms with E-state index in [1.165, 1.54) is 56.9 Å². The fourth-order valence-corrected chi connectivity index (χ4v) is 3.75. The van der Waals surface area contributed by atoms with Crippen LogP contribution in [0, 0.1) is 0 Å². The molecule has 0 saturated heterocycles. The first-order valence-corrected chi connectivity index (χ1v) is 11.1. The molecular weight excluding hydrogens is 320 g/mol. The van der Waals surface area contributed by atoms with Gasteiger partial charge in [-0.25, -0.2) is 8.42 Å². The third-order valence-corrected chi connectivity index (χ3v) is 5.41. The molecule has 0 spiro atoms. The second-order valence-electron chi connectivity index (χ2n) is 6.78. The van der Waals surface area contributed by atoms with Crippen LogP contribution in [-0.2, 0) is 10.1 Å². The van der Waals surface area contributed by atoms with Gasteiger partial charge in [0.2, 0.25) is 0 Å². The van der Waals surface area contributed by atoms with E-state index in [-0.39, 0.29) is 5.75 Å². The molecule has 0 bridgehead atoms. The molecule has 0 radical (unpaired) electrons. The maximum atomic E-state index is 10.8. The first-order valence-electron chi connectivity index (χ1n) is 9.51. The summed E-state index contributed by atoms with van der Waals surface area (Å²) in [4.78, 5) is 0. The van der Waals surface area contributed by atoms with E-state index >= 15 is 0 Å². The topological polar surface area (TPSA) is 57.2 Å². The Balaban J connectivity index is 2.31. The molecule has 0 heterocycles. The van der Waals surface area contributed by atoms with Crippen LogP contribution < -0.4 is 0 Å². The predicted molar refractivity (Wildman–Crippen MR) is 100 cm³/mol. The van der Waals surface area contributed by atoms with E-state index in [1.807, 2.05) is 18.2 Å². The molecule has 0 N–H and O–H groups in total. The minimum absolute atomic E-state index is 0.242. The Morgan fingerprint density at radius 1 is 0.833 bits per heavy atom. The Bertz CT molecular complexity index is 511. The molecule has 1 aromatic carbocycles. The van der Waals surface area contributed by atoms with Gasteiger partial charge < -0.3 is 4.55 Å². The van der Waals surface area contributed by atoms with Gasteiger partial charge in [0.25, 0.3) is 0 Å². The van der Waals surface area contributed by atoms with Gasteiger partial charge in [0.15, 0.2) is 0 Å². The molecule has 0 fully saturated rings. The van der Waals surface area contributed by atoms with Crippen LogP contribution >= 0.6 is 0 Å². The largest absolute Gasteiger partial charge is 0.748 e. The van der Waals surface area contributed by atoms with Crippen molar-refractivity contribution in [3.8, 4) is 0 Å². The van der Waals surface area contributed by atoms with Crippen molar-refractivity contribution in [3.63, 3.8) is 0 Å². The number of hydrogen-bond donors (Lipinski definition) is 0. The fourth-order valence-electron chi connectivity index (χ4n) is 3.23. The summed E-state index contributed by atoms with van der Waals surface area (Å²) in [6.07, 6.45) is 12.7. The summed E-state index contributed by atoms with van der Waals surface area (Å²) >= 11 is 0. The minimum atomic E-state index is -4.09. The van der Waals surface area contributed by atoms with Crippen LogP contribution in [0.25, 0.3) is 0 Å². The standard InChI is InChI=1S/C20H34O3S/c1-2-3-4-5-6-7-8-10-14-20(17-13-18-24(21,22)23)19-15-11-9-12-16-19/h9,11-12,15-16,20H,2-8,10,13-14,17-18H2,1H3,(H,21,22,23)/p-1. The summed E-state index contributed by atoms with van der Waals surface area (Å²) in [6.45, 7) is 2.24. The zero-order chi connectivity index (χ0) is 17.7. The molecule has 0 amide bonds. The van der Waals surface area contributed by atoms with E-state index in [2.05, 4.69) is 19.1 Å². The van der Waals surface area contributed by atoms with Crippen molar-refractivity contribution in [1.29, 1.82) is 0 Å². The van der Waals surface area contributed by atoms with Gasteiger partial charge in [-0.2, -0.15) is 0 Å². The predicted octanol–water partition coefficient (Wildman–Crippen LogP) is 5.63. The summed E-state index contributed by atoms with van der Waals surface area (Å²) < 4.78 is 32.4. The molecule has 1 unspecified atom stereocenters. The van der Waals surface area contributed by atoms with Crippen molar-refractivity contribution >= 4 is 10.1 Å². The summed E-state index contributed by atoms with van der Waals surface area (Å²) in [5, 5.41) is 0. The first-order chi connectivity index (χ1) is 11.5. The van der Waals surface area contributed by atoms with Crippen LogP contribution in [0.4, 0.5) is 0 Å². The van der Waals surface area contributed by atoms with E-state index in [1.54, 1.807) is 0 Å². The third kappa shape index (κ3) is 10.8. The normalized spacial score (nSPS) is 13.1. The zero-order valence-corrected chi connectivity index (χ0v) is 15.9. The van der Waals surface area contributed by atoms with E-state index in [9.17, 15) is 13.0 Å². The smallest absolute Gasteiger partial charge is 0.0945 e. The zero-order valence-electron chi connectivity index (χ0n) is 15.1. The summed E-state index contributed by atoms with van der Waals surface area (Å²) in [5.74, 6) is 0.126. The van der Waals surface area contributed by atoms with Crippen LogP contribution in [0.3, 0.4) is 0 Å². The summed E-state index contributed by atoms with van der Waals surface area (Å²) in [6, 6.07) is 10.3. The van der Waals surface area contributed by atoms with E-state index in [0.717, 1.165) is 12.8 Å². The highest BCUT2D eigenvalue weighted by atomic mass is 32.2. The Hall–Kier alpha value is -0.870. The van der Waals surface area contributed by atoms with Gasteiger partial charge in [0, 0.05) is 5.75 Å². The van der Waals surface area contributed by atoms with Gasteiger partial charge in [-0.1, -0.05) is 88.6 Å². The van der Waals surface area contributed by atoms with Crippen molar-refractivity contribution in [2.75, 3.05) is 5.75 Å². The molecule has 0 saturated carbocycles. The van der Waals surface area contributed by atoms with Crippen molar-refractivity contribution < 1.29 is 13.0 Å². The third-order valence-electron chi connectivity index (χ3n) is 4.62. The average molecular weight is 354 g/mol. The molecule has 1 rings (SSSR count). The monoisotopic (exact) mass is 353 g/mol. The Morgan fingerprint density at radius 3 is 1.96 bits per heavy atom. The van der Waals surface area contributed by atoms with Gasteiger partial charge in [0.1, 0.15) is 0 Å². The highest BCUT2D eigenvalue weighted by Crippen LogP contribution is 2.27. The summed E-state index contributed by atoms with van der Waals surface area (Å²) in [5.41, 5.74) is 1.27. The lowest BCUT2D eigenvalue weighted by Gasteiger charge is -2.18. The molecule has 3 nitrogen and oxygen atoms in total. The number of unbranched alkanes of at least 4 members (excludes halogenated alkanes) is 7. The highest BCUT2D eigenvalue weighted by Gasteiger charge is 2.11. The second kappa shape index (κ2) is 12.5. The Labute approximate surface area is 148 Å². The Kier molecular flexibility index (Phi) is 11.0. The van der Waals surface area contributed by atoms with Crippen molar-refractivity contribution in [1.82, 2.24) is 0 Å². The molecular formula is C20H33O3S-. The lowest BCUT2D eigenvalue weighted by atomic mass is 9.89. The molecule has 138 valence electrons. The lowest BCUT2D eigenvalue weighted by molar-refractivity contribution is 0.455. The maximum Gasteiger partial charge on any atom is 0.0945 e.